The second kappa shape index (κ2) is 11.6. The Morgan fingerprint density at radius 2 is 1.00 bits per heavy atom. The van der Waals surface area contributed by atoms with Gasteiger partial charge >= 0.3 is 0 Å². The van der Waals surface area contributed by atoms with E-state index in [0.717, 1.165) is 55.7 Å². The number of fused-ring (bicyclic) bond motifs is 2. The van der Waals surface area contributed by atoms with Crippen LogP contribution in [0.2, 0.25) is 0 Å². The number of halogens is 2. The quantitative estimate of drug-likeness (QED) is 0.255. The molecule has 2 atom stereocenters. The van der Waals surface area contributed by atoms with Crippen LogP contribution in [0.5, 0.6) is 0 Å². The van der Waals surface area contributed by atoms with Gasteiger partial charge in [0.05, 0.1) is 33.8 Å². The van der Waals surface area contributed by atoms with Crippen molar-refractivity contribution in [3.8, 4) is 22.5 Å². The van der Waals surface area contributed by atoms with Crippen LogP contribution in [-0.2, 0) is 0 Å². The molecular formula is C32H28F2N6. The predicted octanol–water partition coefficient (Wildman–Crippen LogP) is 6.91. The van der Waals surface area contributed by atoms with Crippen LogP contribution in [0.1, 0.15) is 37.3 Å². The zero-order valence-electron chi connectivity index (χ0n) is 22.1. The number of hydrogen-bond donors (Lipinski definition) is 2. The summed E-state index contributed by atoms with van der Waals surface area (Å²) >= 11 is 0. The lowest BCUT2D eigenvalue weighted by Gasteiger charge is -2.13. The number of benzene rings is 2. The highest BCUT2D eigenvalue weighted by Gasteiger charge is 2.15. The first-order valence-corrected chi connectivity index (χ1v) is 12.8. The Bertz CT molecular complexity index is 1640. The second-order valence-corrected chi connectivity index (χ2v) is 9.52. The normalized spacial score (nSPS) is 12.6. The van der Waals surface area contributed by atoms with E-state index in [-0.39, 0.29) is 23.7 Å². The van der Waals surface area contributed by atoms with Crippen molar-refractivity contribution < 1.29 is 8.78 Å². The SMILES string of the molecule is C[C@H](N)c1nc2ccc(F)cc2cc1-c1ccccn1.C[C@H](N)c1nc2ccc(F)cc2cc1-c1ccccn1. The molecule has 0 unspecified atom stereocenters. The van der Waals surface area contributed by atoms with Crippen LogP contribution in [-0.4, -0.2) is 19.9 Å². The molecule has 6 aromatic rings. The summed E-state index contributed by atoms with van der Waals surface area (Å²) in [6, 6.07) is 23.7. The van der Waals surface area contributed by atoms with Gasteiger partial charge in [-0.25, -0.2) is 8.78 Å². The molecule has 0 saturated carbocycles. The van der Waals surface area contributed by atoms with Gasteiger partial charge in [-0.15, -0.1) is 0 Å². The lowest BCUT2D eigenvalue weighted by atomic mass is 10.0. The summed E-state index contributed by atoms with van der Waals surface area (Å²) < 4.78 is 26.7. The van der Waals surface area contributed by atoms with E-state index >= 15 is 0 Å². The zero-order chi connectivity index (χ0) is 28.2. The van der Waals surface area contributed by atoms with Crippen LogP contribution in [0.25, 0.3) is 44.3 Å². The Hall–Kier alpha value is -4.66. The molecule has 4 aromatic heterocycles. The molecule has 8 heteroatoms. The number of hydrogen-bond acceptors (Lipinski definition) is 6. The first-order valence-electron chi connectivity index (χ1n) is 12.8. The van der Waals surface area contributed by atoms with E-state index in [4.69, 9.17) is 11.5 Å². The molecular weight excluding hydrogens is 506 g/mol. The lowest BCUT2D eigenvalue weighted by Crippen LogP contribution is -2.09. The fourth-order valence-corrected chi connectivity index (χ4v) is 4.47. The zero-order valence-corrected chi connectivity index (χ0v) is 22.1. The molecule has 0 radical (unpaired) electrons. The number of aromatic nitrogens is 4. The van der Waals surface area contributed by atoms with Crippen LogP contribution < -0.4 is 11.5 Å². The van der Waals surface area contributed by atoms with Crippen molar-refractivity contribution in [2.24, 2.45) is 11.5 Å². The number of rotatable bonds is 4. The van der Waals surface area contributed by atoms with Gasteiger partial charge < -0.3 is 11.5 Å². The molecule has 0 aliphatic carbocycles. The molecule has 6 rings (SSSR count). The third kappa shape index (κ3) is 5.83. The van der Waals surface area contributed by atoms with Gasteiger partial charge in [-0.05, 0) is 86.6 Å². The average Bonchev–Trinajstić information content (AvgIpc) is 2.97. The molecule has 0 aliphatic heterocycles. The van der Waals surface area contributed by atoms with E-state index in [1.54, 1.807) is 24.5 Å². The minimum absolute atomic E-state index is 0.221. The molecule has 0 saturated heterocycles. The second-order valence-electron chi connectivity index (χ2n) is 9.52. The lowest BCUT2D eigenvalue weighted by molar-refractivity contribution is 0.629. The van der Waals surface area contributed by atoms with E-state index < -0.39 is 0 Å². The molecule has 0 amide bonds. The Kier molecular flexibility index (Phi) is 7.82. The summed E-state index contributed by atoms with van der Waals surface area (Å²) in [6.07, 6.45) is 3.44. The minimum Gasteiger partial charge on any atom is -0.323 e. The maximum atomic E-state index is 13.4. The first kappa shape index (κ1) is 26.9. The largest absolute Gasteiger partial charge is 0.323 e. The monoisotopic (exact) mass is 534 g/mol. The molecule has 0 spiro atoms. The third-order valence-electron chi connectivity index (χ3n) is 6.36. The van der Waals surface area contributed by atoms with Crippen molar-refractivity contribution in [3.63, 3.8) is 0 Å². The minimum atomic E-state index is -0.278. The van der Waals surface area contributed by atoms with E-state index in [1.807, 2.05) is 62.4 Å². The number of pyridine rings is 4. The van der Waals surface area contributed by atoms with Crippen LogP contribution >= 0.6 is 0 Å². The Labute approximate surface area is 230 Å². The summed E-state index contributed by atoms with van der Waals surface area (Å²) in [5, 5.41) is 1.49. The van der Waals surface area contributed by atoms with Gasteiger partial charge in [0.15, 0.2) is 0 Å². The van der Waals surface area contributed by atoms with Crippen molar-refractivity contribution in [2.45, 2.75) is 25.9 Å². The summed E-state index contributed by atoms with van der Waals surface area (Å²) in [5.74, 6) is -0.556. The highest BCUT2D eigenvalue weighted by Crippen LogP contribution is 2.29. The van der Waals surface area contributed by atoms with Crippen LogP contribution in [0, 0.1) is 11.6 Å². The molecule has 200 valence electrons. The van der Waals surface area contributed by atoms with Crippen molar-refractivity contribution in [1.82, 2.24) is 19.9 Å². The Balaban J connectivity index is 0.000000161. The van der Waals surface area contributed by atoms with Gasteiger partial charge in [0, 0.05) is 46.4 Å². The molecule has 0 aliphatic rings. The van der Waals surface area contributed by atoms with Crippen molar-refractivity contribution >= 4 is 21.8 Å². The van der Waals surface area contributed by atoms with Crippen molar-refractivity contribution in [3.05, 3.63) is 120 Å². The fourth-order valence-electron chi connectivity index (χ4n) is 4.47. The highest BCUT2D eigenvalue weighted by atomic mass is 19.1. The number of nitrogens with two attached hydrogens (primary N) is 2. The van der Waals surface area contributed by atoms with Gasteiger partial charge in [-0.1, -0.05) is 12.1 Å². The Morgan fingerprint density at radius 3 is 1.35 bits per heavy atom. The standard InChI is InChI=1S/2C16H14FN3/c2*1-10(18)16-13(15-4-2-3-7-19-15)9-11-8-12(17)5-6-14(11)20-16/h2*2-10H,18H2,1H3/t2*10-/m00/s1. The van der Waals surface area contributed by atoms with Gasteiger partial charge in [-0.3, -0.25) is 19.9 Å². The van der Waals surface area contributed by atoms with E-state index in [9.17, 15) is 8.78 Å². The van der Waals surface area contributed by atoms with Gasteiger partial charge in [-0.2, -0.15) is 0 Å². The first-order chi connectivity index (χ1) is 19.3. The smallest absolute Gasteiger partial charge is 0.123 e. The molecule has 0 bridgehead atoms. The van der Waals surface area contributed by atoms with Crippen LogP contribution in [0.4, 0.5) is 8.78 Å². The van der Waals surface area contributed by atoms with E-state index in [2.05, 4.69) is 19.9 Å². The summed E-state index contributed by atoms with van der Waals surface area (Å²) in [4.78, 5) is 17.8. The van der Waals surface area contributed by atoms with Crippen LogP contribution in [0.15, 0.2) is 97.3 Å². The maximum Gasteiger partial charge on any atom is 0.123 e. The molecule has 6 nitrogen and oxygen atoms in total. The molecule has 40 heavy (non-hydrogen) atoms. The maximum absolute atomic E-state index is 13.4. The summed E-state index contributed by atoms with van der Waals surface area (Å²) in [6.45, 7) is 3.76. The molecule has 2 aromatic carbocycles. The summed E-state index contributed by atoms with van der Waals surface area (Å²) in [7, 11) is 0. The topological polar surface area (TPSA) is 104 Å². The Morgan fingerprint density at radius 1 is 0.575 bits per heavy atom. The molecule has 4 heterocycles. The van der Waals surface area contributed by atoms with Crippen LogP contribution in [0.3, 0.4) is 0 Å². The highest BCUT2D eigenvalue weighted by molar-refractivity contribution is 5.85. The number of nitrogens with zero attached hydrogens (tertiary/aromatic N) is 4. The predicted molar refractivity (Wildman–Crippen MR) is 155 cm³/mol. The molecule has 0 fully saturated rings. The van der Waals surface area contributed by atoms with Crippen molar-refractivity contribution in [2.75, 3.05) is 0 Å². The van der Waals surface area contributed by atoms with E-state index in [1.165, 1.54) is 24.3 Å². The van der Waals surface area contributed by atoms with Gasteiger partial charge in [0.25, 0.3) is 0 Å². The van der Waals surface area contributed by atoms with Gasteiger partial charge in [0.2, 0.25) is 0 Å². The third-order valence-corrected chi connectivity index (χ3v) is 6.36. The van der Waals surface area contributed by atoms with Crippen molar-refractivity contribution in [1.29, 1.82) is 0 Å². The van der Waals surface area contributed by atoms with Gasteiger partial charge in [0.1, 0.15) is 11.6 Å². The fraction of sp³-hybridized carbons (Fsp3) is 0.125. The molecule has 4 N–H and O–H groups in total. The van der Waals surface area contributed by atoms with E-state index in [0.29, 0.717) is 0 Å². The average molecular weight is 535 g/mol. The summed E-state index contributed by atoms with van der Waals surface area (Å²) in [5.41, 5.74) is 18.3.